The molecule has 88 valence electrons. The lowest BCUT2D eigenvalue weighted by Gasteiger charge is -2.48. The summed E-state index contributed by atoms with van der Waals surface area (Å²) in [6, 6.07) is 11.0. The molecule has 0 amide bonds. The maximum atomic E-state index is 8.69. The lowest BCUT2D eigenvalue weighted by Crippen LogP contribution is -2.50. The molecule has 3 heterocycles. The average Bonchev–Trinajstić information content (AvgIpc) is 2.42. The van der Waals surface area contributed by atoms with E-state index in [0.717, 1.165) is 5.56 Å². The average molecular weight is 226 g/mol. The Morgan fingerprint density at radius 3 is 2.18 bits per heavy atom. The van der Waals surface area contributed by atoms with Gasteiger partial charge in [-0.3, -0.25) is 0 Å². The Kier molecular flexibility index (Phi) is 2.64. The number of benzene rings is 1. The number of piperidine rings is 3. The van der Waals surface area contributed by atoms with Gasteiger partial charge in [0.25, 0.3) is 0 Å². The van der Waals surface area contributed by atoms with Gasteiger partial charge in [-0.1, -0.05) is 24.3 Å². The summed E-state index contributed by atoms with van der Waals surface area (Å²) in [5.41, 5.74) is 3.08. The predicted octanol–water partition coefficient (Wildman–Crippen LogP) is 2.49. The molecule has 1 aromatic carbocycles. The van der Waals surface area contributed by atoms with E-state index in [9.17, 15) is 0 Å². The molecule has 0 atom stereocenters. The summed E-state index contributed by atoms with van der Waals surface area (Å²) < 4.78 is 0. The Balaban J connectivity index is 1.85. The minimum atomic E-state index is 0.444. The predicted molar refractivity (Wildman–Crippen MR) is 67.7 cm³/mol. The zero-order chi connectivity index (χ0) is 11.7. The summed E-state index contributed by atoms with van der Waals surface area (Å²) in [6.45, 7) is 3.79. The summed E-state index contributed by atoms with van der Waals surface area (Å²) in [6.07, 6.45) is 4.46. The third-order valence-corrected chi connectivity index (χ3v) is 4.57. The highest BCUT2D eigenvalue weighted by atomic mass is 15.1. The van der Waals surface area contributed by atoms with Crippen molar-refractivity contribution in [2.45, 2.75) is 31.1 Å². The van der Waals surface area contributed by atoms with Crippen LogP contribution >= 0.6 is 0 Å². The van der Waals surface area contributed by atoms with E-state index in [1.54, 1.807) is 0 Å². The van der Waals surface area contributed by atoms with Gasteiger partial charge in [0, 0.05) is 0 Å². The second kappa shape index (κ2) is 4.16. The Morgan fingerprint density at radius 2 is 1.65 bits per heavy atom. The highest BCUT2D eigenvalue weighted by Gasteiger charge is 2.40. The summed E-state index contributed by atoms with van der Waals surface area (Å²) in [7, 11) is 0. The molecule has 0 aromatic heterocycles. The lowest BCUT2D eigenvalue weighted by atomic mass is 9.67. The van der Waals surface area contributed by atoms with Crippen LogP contribution in [-0.2, 0) is 11.8 Å². The minimum Gasteiger partial charge on any atom is -0.303 e. The quantitative estimate of drug-likeness (QED) is 0.774. The van der Waals surface area contributed by atoms with E-state index in [1.165, 1.54) is 44.5 Å². The highest BCUT2D eigenvalue weighted by Crippen LogP contribution is 2.42. The van der Waals surface area contributed by atoms with Gasteiger partial charge in [-0.25, -0.2) is 0 Å². The molecule has 0 unspecified atom stereocenters. The summed E-state index contributed by atoms with van der Waals surface area (Å²) in [4.78, 5) is 2.58. The Bertz CT molecular complexity index is 419. The molecule has 3 fully saturated rings. The van der Waals surface area contributed by atoms with Gasteiger partial charge in [0.05, 0.1) is 12.5 Å². The molecule has 2 heteroatoms. The van der Waals surface area contributed by atoms with E-state index in [4.69, 9.17) is 5.26 Å². The van der Waals surface area contributed by atoms with Gasteiger partial charge in [0.2, 0.25) is 0 Å². The van der Waals surface area contributed by atoms with Crippen LogP contribution in [0.2, 0.25) is 0 Å². The molecule has 4 rings (SSSR count). The van der Waals surface area contributed by atoms with Crippen LogP contribution in [0.1, 0.15) is 30.4 Å². The fraction of sp³-hybridized carbons (Fsp3) is 0.533. The van der Waals surface area contributed by atoms with Gasteiger partial charge < -0.3 is 4.90 Å². The van der Waals surface area contributed by atoms with E-state index >= 15 is 0 Å². The first-order valence-corrected chi connectivity index (χ1v) is 6.51. The zero-order valence-electron chi connectivity index (χ0n) is 10.2. The highest BCUT2D eigenvalue weighted by molar-refractivity contribution is 5.32. The SMILES string of the molecule is N#CCc1ccc(C23CCN(CC2)CC3)cc1. The van der Waals surface area contributed by atoms with E-state index in [1.807, 2.05) is 0 Å². The molecule has 2 nitrogen and oxygen atoms in total. The number of nitriles is 1. The molecule has 0 radical (unpaired) electrons. The zero-order valence-corrected chi connectivity index (χ0v) is 10.2. The molecule has 17 heavy (non-hydrogen) atoms. The van der Waals surface area contributed by atoms with Crippen LogP contribution in [0.15, 0.2) is 24.3 Å². The van der Waals surface area contributed by atoms with Gasteiger partial charge >= 0.3 is 0 Å². The Labute approximate surface area is 103 Å². The van der Waals surface area contributed by atoms with Crippen LogP contribution in [-0.4, -0.2) is 24.5 Å². The maximum Gasteiger partial charge on any atom is 0.0669 e. The summed E-state index contributed by atoms with van der Waals surface area (Å²) >= 11 is 0. The molecule has 0 N–H and O–H groups in total. The smallest absolute Gasteiger partial charge is 0.0669 e. The first-order valence-electron chi connectivity index (χ1n) is 6.51. The monoisotopic (exact) mass is 226 g/mol. The van der Waals surface area contributed by atoms with Crippen LogP contribution < -0.4 is 0 Å². The van der Waals surface area contributed by atoms with Crippen LogP contribution in [0, 0.1) is 11.3 Å². The van der Waals surface area contributed by atoms with Gasteiger partial charge in [-0.15, -0.1) is 0 Å². The van der Waals surface area contributed by atoms with Crippen LogP contribution in [0.3, 0.4) is 0 Å². The lowest BCUT2D eigenvalue weighted by molar-refractivity contribution is 0.0818. The van der Waals surface area contributed by atoms with Gasteiger partial charge in [-0.2, -0.15) is 5.26 Å². The van der Waals surface area contributed by atoms with Crippen molar-refractivity contribution < 1.29 is 0 Å². The summed E-state index contributed by atoms with van der Waals surface area (Å²) in [5.74, 6) is 0. The van der Waals surface area contributed by atoms with Crippen molar-refractivity contribution in [2.24, 2.45) is 0 Å². The number of hydrogen-bond acceptors (Lipinski definition) is 2. The topological polar surface area (TPSA) is 27.0 Å². The largest absolute Gasteiger partial charge is 0.303 e. The maximum absolute atomic E-state index is 8.69. The van der Waals surface area contributed by atoms with Crippen LogP contribution in [0.25, 0.3) is 0 Å². The van der Waals surface area contributed by atoms with Crippen molar-refractivity contribution in [1.82, 2.24) is 4.90 Å². The molecule has 2 bridgehead atoms. The van der Waals surface area contributed by atoms with Gasteiger partial charge in [0.1, 0.15) is 0 Å². The first-order chi connectivity index (χ1) is 8.32. The van der Waals surface area contributed by atoms with Crippen molar-refractivity contribution in [3.05, 3.63) is 35.4 Å². The minimum absolute atomic E-state index is 0.444. The first kappa shape index (κ1) is 10.8. The fourth-order valence-electron chi connectivity index (χ4n) is 3.33. The number of rotatable bonds is 2. The third-order valence-electron chi connectivity index (χ3n) is 4.57. The van der Waals surface area contributed by atoms with Crippen molar-refractivity contribution >= 4 is 0 Å². The molecule has 3 saturated heterocycles. The summed E-state index contributed by atoms with van der Waals surface area (Å²) in [5, 5.41) is 8.69. The molecular formula is C15H18N2. The van der Waals surface area contributed by atoms with E-state index in [0.29, 0.717) is 11.8 Å². The van der Waals surface area contributed by atoms with Crippen LogP contribution in [0.5, 0.6) is 0 Å². The number of hydrogen-bond donors (Lipinski definition) is 0. The van der Waals surface area contributed by atoms with Crippen molar-refractivity contribution in [2.75, 3.05) is 19.6 Å². The Hall–Kier alpha value is -1.33. The second-order valence-corrected chi connectivity index (χ2v) is 5.40. The molecule has 3 aliphatic rings. The molecule has 3 aliphatic heterocycles. The molecular weight excluding hydrogens is 208 g/mol. The van der Waals surface area contributed by atoms with E-state index in [-0.39, 0.29) is 0 Å². The molecule has 0 saturated carbocycles. The fourth-order valence-corrected chi connectivity index (χ4v) is 3.33. The van der Waals surface area contributed by atoms with Crippen LogP contribution in [0.4, 0.5) is 0 Å². The number of fused-ring (bicyclic) bond motifs is 3. The van der Waals surface area contributed by atoms with Crippen molar-refractivity contribution in [3.8, 4) is 6.07 Å². The third kappa shape index (κ3) is 1.85. The molecule has 0 spiro atoms. The Morgan fingerprint density at radius 1 is 1.06 bits per heavy atom. The van der Waals surface area contributed by atoms with Gasteiger partial charge in [-0.05, 0) is 55.4 Å². The number of nitrogens with zero attached hydrogens (tertiary/aromatic N) is 2. The molecule has 0 aliphatic carbocycles. The van der Waals surface area contributed by atoms with E-state index < -0.39 is 0 Å². The normalized spacial score (nSPS) is 31.1. The van der Waals surface area contributed by atoms with Crippen molar-refractivity contribution in [1.29, 1.82) is 5.26 Å². The molecule has 1 aromatic rings. The van der Waals surface area contributed by atoms with Crippen molar-refractivity contribution in [3.63, 3.8) is 0 Å². The standard InChI is InChI=1S/C15H18N2/c16-9-5-13-1-3-14(4-2-13)15-6-10-17(11-7-15)12-8-15/h1-4H,5-8,10-12H2. The van der Waals surface area contributed by atoms with E-state index in [2.05, 4.69) is 35.2 Å². The van der Waals surface area contributed by atoms with Gasteiger partial charge in [0.15, 0.2) is 0 Å². The second-order valence-electron chi connectivity index (χ2n) is 5.40.